The summed E-state index contributed by atoms with van der Waals surface area (Å²) in [4.78, 5) is 29.7. The first-order valence-electron chi connectivity index (χ1n) is 14.1. The summed E-state index contributed by atoms with van der Waals surface area (Å²) in [7, 11) is -3.85. The van der Waals surface area contributed by atoms with Crippen molar-refractivity contribution in [3.8, 4) is 0 Å². The van der Waals surface area contributed by atoms with Gasteiger partial charge in [-0.15, -0.1) is 0 Å². The Morgan fingerprint density at radius 1 is 0.929 bits per heavy atom. The molecule has 1 saturated carbocycles. The van der Waals surface area contributed by atoms with Gasteiger partial charge in [0.15, 0.2) is 0 Å². The average Bonchev–Trinajstić information content (AvgIpc) is 2.95. The lowest BCUT2D eigenvalue weighted by Crippen LogP contribution is -2.55. The number of hydrogen-bond donors (Lipinski definition) is 1. The van der Waals surface area contributed by atoms with E-state index in [0.29, 0.717) is 21.3 Å². The van der Waals surface area contributed by atoms with E-state index in [2.05, 4.69) is 5.32 Å². The fraction of sp³-hybridized carbons (Fsp3) is 0.375. The molecule has 0 unspecified atom stereocenters. The van der Waals surface area contributed by atoms with Crippen molar-refractivity contribution in [1.29, 1.82) is 0 Å². The number of benzene rings is 3. The third-order valence-electron chi connectivity index (χ3n) is 7.58. The largest absolute Gasteiger partial charge is 0.352 e. The Labute approximate surface area is 258 Å². The maximum Gasteiger partial charge on any atom is 0.244 e. The Bertz CT molecular complexity index is 1470. The van der Waals surface area contributed by atoms with Crippen molar-refractivity contribution in [2.75, 3.05) is 17.1 Å². The van der Waals surface area contributed by atoms with Gasteiger partial charge in [-0.2, -0.15) is 0 Å². The zero-order valence-corrected chi connectivity index (χ0v) is 26.3. The highest BCUT2D eigenvalue weighted by Crippen LogP contribution is 2.28. The second-order valence-electron chi connectivity index (χ2n) is 10.9. The van der Waals surface area contributed by atoms with Crippen molar-refractivity contribution in [3.63, 3.8) is 0 Å². The maximum atomic E-state index is 14.3. The quantitative estimate of drug-likeness (QED) is 0.275. The first-order valence-corrected chi connectivity index (χ1v) is 16.7. The van der Waals surface area contributed by atoms with Crippen LogP contribution in [0.2, 0.25) is 10.0 Å². The lowest BCUT2D eigenvalue weighted by molar-refractivity contribution is -0.140. The zero-order chi connectivity index (χ0) is 30.3. The van der Waals surface area contributed by atoms with Crippen LogP contribution in [0, 0.1) is 6.92 Å². The molecule has 1 aliphatic rings. The number of anilines is 1. The van der Waals surface area contributed by atoms with Gasteiger partial charge in [-0.05, 0) is 55.2 Å². The number of nitrogens with one attached hydrogen (secondary N) is 1. The standard InChI is InChI=1S/C32H37Cl2N3O4S/c1-23-11-9-16-26(19-23)37(42(2,40)41)22-31(38)36(21-27-28(33)17-10-18-29(27)34)30(20-24-12-5-3-6-13-24)32(39)35-25-14-7-4-8-15-25/h3,5-6,9-13,16-19,25,30H,4,7-8,14-15,20-22H2,1-2H3,(H,35,39)/t30-/m1/s1. The minimum atomic E-state index is -3.85. The number of sulfonamides is 1. The smallest absolute Gasteiger partial charge is 0.244 e. The van der Waals surface area contributed by atoms with Crippen LogP contribution in [-0.4, -0.2) is 50.0 Å². The van der Waals surface area contributed by atoms with Crippen LogP contribution >= 0.6 is 23.2 Å². The minimum Gasteiger partial charge on any atom is -0.352 e. The van der Waals surface area contributed by atoms with E-state index in [9.17, 15) is 18.0 Å². The van der Waals surface area contributed by atoms with Gasteiger partial charge in [0.25, 0.3) is 0 Å². The van der Waals surface area contributed by atoms with Crippen LogP contribution in [0.1, 0.15) is 48.8 Å². The molecule has 1 atom stereocenters. The van der Waals surface area contributed by atoms with Crippen molar-refractivity contribution in [3.05, 3.63) is 99.5 Å². The van der Waals surface area contributed by atoms with Crippen LogP contribution in [0.4, 0.5) is 5.69 Å². The van der Waals surface area contributed by atoms with Gasteiger partial charge in [0.1, 0.15) is 12.6 Å². The molecule has 0 spiro atoms. The van der Waals surface area contributed by atoms with Crippen LogP contribution in [0.25, 0.3) is 0 Å². The Balaban J connectivity index is 1.76. The Morgan fingerprint density at radius 2 is 1.57 bits per heavy atom. The molecular weight excluding hydrogens is 593 g/mol. The van der Waals surface area contributed by atoms with Gasteiger partial charge >= 0.3 is 0 Å². The molecule has 1 N–H and O–H groups in total. The molecule has 0 aliphatic heterocycles. The molecule has 42 heavy (non-hydrogen) atoms. The van der Waals surface area contributed by atoms with Crippen molar-refractivity contribution in [2.45, 2.75) is 64.1 Å². The van der Waals surface area contributed by atoms with E-state index >= 15 is 0 Å². The molecular formula is C32H37Cl2N3O4S. The number of carbonyl (C=O) groups is 2. The third kappa shape index (κ3) is 8.49. The van der Waals surface area contributed by atoms with E-state index in [0.717, 1.165) is 53.8 Å². The second kappa shape index (κ2) is 14.4. The van der Waals surface area contributed by atoms with Crippen LogP contribution in [-0.2, 0) is 32.6 Å². The van der Waals surface area contributed by atoms with Gasteiger partial charge in [-0.25, -0.2) is 8.42 Å². The van der Waals surface area contributed by atoms with E-state index < -0.39 is 28.5 Å². The number of rotatable bonds is 11. The summed E-state index contributed by atoms with van der Waals surface area (Å²) < 4.78 is 27.0. The van der Waals surface area contributed by atoms with Crippen molar-refractivity contribution >= 4 is 50.7 Å². The summed E-state index contributed by atoms with van der Waals surface area (Å²) in [6, 6.07) is 20.5. The molecule has 1 aliphatic carbocycles. The fourth-order valence-corrected chi connectivity index (χ4v) is 6.71. The predicted octanol–water partition coefficient (Wildman–Crippen LogP) is 6.16. The van der Waals surface area contributed by atoms with Gasteiger partial charge < -0.3 is 10.2 Å². The number of halogens is 2. The first kappa shape index (κ1) is 31.9. The predicted molar refractivity (Wildman–Crippen MR) is 169 cm³/mol. The summed E-state index contributed by atoms with van der Waals surface area (Å²) >= 11 is 13.1. The average molecular weight is 631 g/mol. The minimum absolute atomic E-state index is 0.0187. The van der Waals surface area contributed by atoms with Crippen molar-refractivity contribution in [2.24, 2.45) is 0 Å². The molecule has 1 fully saturated rings. The molecule has 0 aromatic heterocycles. The molecule has 224 valence electrons. The van der Waals surface area contributed by atoms with Gasteiger partial charge in [0.2, 0.25) is 21.8 Å². The Hall–Kier alpha value is -3.07. The molecule has 7 nitrogen and oxygen atoms in total. The van der Waals surface area contributed by atoms with E-state index in [1.165, 1.54) is 4.90 Å². The molecule has 10 heteroatoms. The van der Waals surface area contributed by atoms with E-state index in [-0.39, 0.29) is 24.9 Å². The summed E-state index contributed by atoms with van der Waals surface area (Å²) in [6.45, 7) is 1.29. The van der Waals surface area contributed by atoms with Gasteiger partial charge in [0, 0.05) is 34.6 Å². The van der Waals surface area contributed by atoms with Gasteiger partial charge in [-0.1, -0.05) is 91.0 Å². The highest BCUT2D eigenvalue weighted by atomic mass is 35.5. The lowest BCUT2D eigenvalue weighted by atomic mass is 9.94. The molecule has 0 radical (unpaired) electrons. The van der Waals surface area contributed by atoms with Gasteiger partial charge in [0.05, 0.1) is 11.9 Å². The van der Waals surface area contributed by atoms with Crippen LogP contribution in [0.5, 0.6) is 0 Å². The van der Waals surface area contributed by atoms with E-state index in [1.807, 2.05) is 43.3 Å². The molecule has 3 aromatic rings. The first-order chi connectivity index (χ1) is 20.0. The van der Waals surface area contributed by atoms with Crippen LogP contribution in [0.15, 0.2) is 72.8 Å². The summed E-state index contributed by atoms with van der Waals surface area (Å²) in [5.41, 5.74) is 2.57. The summed E-state index contributed by atoms with van der Waals surface area (Å²) in [5.74, 6) is -0.832. The van der Waals surface area contributed by atoms with E-state index in [1.54, 1.807) is 36.4 Å². The number of aryl methyl sites for hydroxylation is 1. The van der Waals surface area contributed by atoms with E-state index in [4.69, 9.17) is 23.2 Å². The van der Waals surface area contributed by atoms with Crippen molar-refractivity contribution in [1.82, 2.24) is 10.2 Å². The topological polar surface area (TPSA) is 86.8 Å². The monoisotopic (exact) mass is 629 g/mol. The highest BCUT2D eigenvalue weighted by molar-refractivity contribution is 7.92. The SMILES string of the molecule is Cc1cccc(N(CC(=O)N(Cc2c(Cl)cccc2Cl)[C@H](Cc2ccccc2)C(=O)NC2CCCCC2)S(C)(=O)=O)c1. The molecule has 0 bridgehead atoms. The summed E-state index contributed by atoms with van der Waals surface area (Å²) in [5, 5.41) is 3.89. The van der Waals surface area contributed by atoms with Crippen LogP contribution in [0.3, 0.4) is 0 Å². The second-order valence-corrected chi connectivity index (χ2v) is 13.6. The molecule has 2 amide bonds. The number of hydrogen-bond acceptors (Lipinski definition) is 4. The molecule has 0 heterocycles. The molecule has 0 saturated heterocycles. The molecule has 4 rings (SSSR count). The normalized spacial score (nSPS) is 14.7. The third-order valence-corrected chi connectivity index (χ3v) is 9.43. The fourth-order valence-electron chi connectivity index (χ4n) is 5.35. The number of nitrogens with zero attached hydrogens (tertiary/aromatic N) is 2. The molecule has 3 aromatic carbocycles. The zero-order valence-electron chi connectivity index (χ0n) is 23.9. The summed E-state index contributed by atoms with van der Waals surface area (Å²) in [6.07, 6.45) is 6.26. The van der Waals surface area contributed by atoms with Crippen LogP contribution < -0.4 is 9.62 Å². The number of amides is 2. The van der Waals surface area contributed by atoms with Crippen molar-refractivity contribution < 1.29 is 18.0 Å². The highest BCUT2D eigenvalue weighted by Gasteiger charge is 2.34. The maximum absolute atomic E-state index is 14.3. The Kier molecular flexibility index (Phi) is 10.9. The van der Waals surface area contributed by atoms with Gasteiger partial charge in [-0.3, -0.25) is 13.9 Å². The Morgan fingerprint density at radius 3 is 2.19 bits per heavy atom. The number of carbonyl (C=O) groups excluding carboxylic acids is 2. The lowest BCUT2D eigenvalue weighted by Gasteiger charge is -2.35.